The third-order valence-corrected chi connectivity index (χ3v) is 2.90. The highest BCUT2D eigenvalue weighted by molar-refractivity contribution is 7.88. The highest BCUT2D eigenvalue weighted by Crippen LogP contribution is 2.16. The number of carbonyl (C=O) groups excluding carboxylic acids is 1. The van der Waals surface area contributed by atoms with E-state index in [1.165, 1.54) is 6.08 Å². The van der Waals surface area contributed by atoms with Crippen molar-refractivity contribution >= 4 is 16.1 Å². The van der Waals surface area contributed by atoms with Crippen LogP contribution in [0.15, 0.2) is 12.3 Å². The number of allylic oxidation sites excluding steroid dienone is 1. The van der Waals surface area contributed by atoms with E-state index in [9.17, 15) is 13.2 Å². The summed E-state index contributed by atoms with van der Waals surface area (Å²) >= 11 is 0. The fourth-order valence-corrected chi connectivity index (χ4v) is 0.636. The predicted molar refractivity (Wildman–Crippen MR) is 46.5 cm³/mol. The average molecular weight is 208 g/mol. The molecule has 0 atom stereocenters. The molecule has 0 aromatic rings. The number of hydrogen-bond donors (Lipinski definition) is 1. The van der Waals surface area contributed by atoms with Crippen molar-refractivity contribution in [3.05, 3.63) is 12.3 Å². The van der Waals surface area contributed by atoms with Crippen molar-refractivity contribution in [1.29, 1.82) is 0 Å². The molecular weight excluding hydrogens is 196 g/mol. The summed E-state index contributed by atoms with van der Waals surface area (Å²) in [5.74, 6) is -1.02. The lowest BCUT2D eigenvalue weighted by Gasteiger charge is -2.16. The van der Waals surface area contributed by atoms with Gasteiger partial charge in [0.1, 0.15) is 0 Å². The molecule has 5 nitrogen and oxygen atoms in total. The lowest BCUT2D eigenvalue weighted by atomic mass is 10.2. The van der Waals surface area contributed by atoms with Gasteiger partial charge in [0.25, 0.3) is 10.1 Å². The molecule has 0 aromatic carbocycles. The van der Waals surface area contributed by atoms with Gasteiger partial charge in [0.05, 0.1) is 6.26 Å². The minimum Gasteiger partial charge on any atom is -0.434 e. The lowest BCUT2D eigenvalue weighted by Crippen LogP contribution is -2.40. The minimum absolute atomic E-state index is 1.02. The standard InChI is InChI=1S/C7H12O5S/c1-4-5-12-6(8)7(2,3)13(9,10)11/h4-5H,1-3H3,(H,9,10,11)/b5-4+. The van der Waals surface area contributed by atoms with Crippen LogP contribution in [0.25, 0.3) is 0 Å². The Hall–Kier alpha value is -0.880. The molecule has 0 unspecified atom stereocenters. The summed E-state index contributed by atoms with van der Waals surface area (Å²) < 4.78 is 32.5. The van der Waals surface area contributed by atoms with E-state index in [-0.39, 0.29) is 0 Å². The van der Waals surface area contributed by atoms with Crippen molar-refractivity contribution in [2.45, 2.75) is 25.5 Å². The van der Waals surface area contributed by atoms with Crippen LogP contribution >= 0.6 is 0 Å². The molecule has 0 amide bonds. The monoisotopic (exact) mass is 208 g/mol. The van der Waals surface area contributed by atoms with Crippen LogP contribution < -0.4 is 0 Å². The summed E-state index contributed by atoms with van der Waals surface area (Å²) in [4.78, 5) is 11.1. The molecule has 0 heterocycles. The van der Waals surface area contributed by atoms with Crippen LogP contribution in [0.3, 0.4) is 0 Å². The zero-order valence-electron chi connectivity index (χ0n) is 7.64. The van der Waals surface area contributed by atoms with Crippen molar-refractivity contribution < 1.29 is 22.5 Å². The maximum atomic E-state index is 11.1. The van der Waals surface area contributed by atoms with Gasteiger partial charge in [-0.15, -0.1) is 0 Å². The predicted octanol–water partition coefficient (Wildman–Crippen LogP) is 0.730. The van der Waals surface area contributed by atoms with Crippen LogP contribution in [0.2, 0.25) is 0 Å². The number of ether oxygens (including phenoxy) is 1. The van der Waals surface area contributed by atoms with E-state index in [1.807, 2.05) is 0 Å². The summed E-state index contributed by atoms with van der Waals surface area (Å²) in [6.45, 7) is 3.73. The molecule has 0 radical (unpaired) electrons. The Balaban J connectivity index is 4.76. The number of esters is 1. The zero-order valence-corrected chi connectivity index (χ0v) is 8.46. The van der Waals surface area contributed by atoms with Gasteiger partial charge in [0, 0.05) is 0 Å². The second-order valence-electron chi connectivity index (χ2n) is 2.86. The molecule has 0 saturated heterocycles. The van der Waals surface area contributed by atoms with Crippen molar-refractivity contribution in [2.75, 3.05) is 0 Å². The van der Waals surface area contributed by atoms with Crippen molar-refractivity contribution in [3.8, 4) is 0 Å². The Kier molecular flexibility index (Phi) is 3.62. The van der Waals surface area contributed by atoms with Gasteiger partial charge in [-0.05, 0) is 20.8 Å². The number of carbonyl (C=O) groups is 1. The molecule has 0 aliphatic rings. The van der Waals surface area contributed by atoms with Crippen LogP contribution in [-0.4, -0.2) is 23.7 Å². The van der Waals surface area contributed by atoms with Crippen LogP contribution in [-0.2, 0) is 19.6 Å². The first-order valence-electron chi connectivity index (χ1n) is 3.52. The molecule has 13 heavy (non-hydrogen) atoms. The molecule has 6 heteroatoms. The second-order valence-corrected chi connectivity index (χ2v) is 4.83. The topological polar surface area (TPSA) is 80.7 Å². The average Bonchev–Trinajstić information content (AvgIpc) is 1.97. The first kappa shape index (κ1) is 12.1. The number of rotatable bonds is 3. The van der Waals surface area contributed by atoms with E-state index < -0.39 is 20.8 Å². The van der Waals surface area contributed by atoms with Gasteiger partial charge >= 0.3 is 5.97 Å². The maximum absolute atomic E-state index is 11.1. The van der Waals surface area contributed by atoms with Crippen molar-refractivity contribution in [1.82, 2.24) is 0 Å². The summed E-state index contributed by atoms with van der Waals surface area (Å²) in [5.41, 5.74) is 0. The molecule has 0 fully saturated rings. The fourth-order valence-electron chi connectivity index (χ4n) is 0.377. The second kappa shape index (κ2) is 3.89. The molecule has 0 aliphatic carbocycles. The lowest BCUT2D eigenvalue weighted by molar-refractivity contribution is -0.140. The molecule has 0 spiro atoms. The summed E-state index contributed by atoms with van der Waals surface area (Å²) in [7, 11) is -4.44. The first-order valence-corrected chi connectivity index (χ1v) is 4.96. The Morgan fingerprint density at radius 3 is 2.23 bits per heavy atom. The van der Waals surface area contributed by atoms with E-state index in [4.69, 9.17) is 4.55 Å². The molecule has 0 bridgehead atoms. The van der Waals surface area contributed by atoms with Gasteiger partial charge in [-0.25, -0.2) is 4.79 Å². The SMILES string of the molecule is C/C=C/OC(=O)C(C)(C)S(=O)(=O)O. The summed E-state index contributed by atoms with van der Waals surface area (Å²) in [6, 6.07) is 0. The van der Waals surface area contributed by atoms with E-state index in [2.05, 4.69) is 4.74 Å². The van der Waals surface area contributed by atoms with Gasteiger partial charge in [-0.3, -0.25) is 4.55 Å². The Bertz CT molecular complexity index is 312. The molecule has 0 rings (SSSR count). The van der Waals surface area contributed by atoms with Crippen molar-refractivity contribution in [2.24, 2.45) is 0 Å². The summed E-state index contributed by atoms with van der Waals surface area (Å²) in [6.07, 6.45) is 2.48. The van der Waals surface area contributed by atoms with Gasteiger partial charge < -0.3 is 4.74 Å². The third-order valence-electron chi connectivity index (χ3n) is 1.45. The number of hydrogen-bond acceptors (Lipinski definition) is 4. The Morgan fingerprint density at radius 2 is 1.92 bits per heavy atom. The largest absolute Gasteiger partial charge is 0.434 e. The smallest absolute Gasteiger partial charge is 0.334 e. The Morgan fingerprint density at radius 1 is 1.46 bits per heavy atom. The minimum atomic E-state index is -4.44. The van der Waals surface area contributed by atoms with E-state index >= 15 is 0 Å². The molecule has 1 N–H and O–H groups in total. The fraction of sp³-hybridized carbons (Fsp3) is 0.571. The third kappa shape index (κ3) is 2.82. The molecule has 0 saturated carbocycles. The van der Waals surface area contributed by atoms with Gasteiger partial charge in [-0.1, -0.05) is 6.08 Å². The van der Waals surface area contributed by atoms with E-state index in [0.717, 1.165) is 20.1 Å². The normalized spacial score (nSPS) is 13.2. The highest BCUT2D eigenvalue weighted by Gasteiger charge is 2.42. The van der Waals surface area contributed by atoms with Crippen LogP contribution in [0.1, 0.15) is 20.8 Å². The highest BCUT2D eigenvalue weighted by atomic mass is 32.2. The zero-order chi connectivity index (χ0) is 10.7. The van der Waals surface area contributed by atoms with Crippen LogP contribution in [0.4, 0.5) is 0 Å². The van der Waals surface area contributed by atoms with Gasteiger partial charge in [-0.2, -0.15) is 8.42 Å². The van der Waals surface area contributed by atoms with Crippen LogP contribution in [0.5, 0.6) is 0 Å². The molecule has 0 aromatic heterocycles. The van der Waals surface area contributed by atoms with Gasteiger partial charge in [0.15, 0.2) is 4.75 Å². The van der Waals surface area contributed by atoms with E-state index in [0.29, 0.717) is 0 Å². The first-order chi connectivity index (χ1) is 5.73. The molecule has 76 valence electrons. The quantitative estimate of drug-likeness (QED) is 0.420. The molecular formula is C7H12O5S. The van der Waals surface area contributed by atoms with Crippen LogP contribution in [0, 0.1) is 0 Å². The summed E-state index contributed by atoms with van der Waals surface area (Å²) in [5, 5.41) is 0. The van der Waals surface area contributed by atoms with Crippen molar-refractivity contribution in [3.63, 3.8) is 0 Å². The van der Waals surface area contributed by atoms with Gasteiger partial charge in [0.2, 0.25) is 0 Å². The van der Waals surface area contributed by atoms with E-state index in [1.54, 1.807) is 6.92 Å². The maximum Gasteiger partial charge on any atom is 0.334 e. The Labute approximate surface area is 77.1 Å². The molecule has 0 aliphatic heterocycles.